The number of anilines is 1. The number of hydrogen-bond acceptors (Lipinski definition) is 5. The van der Waals surface area contributed by atoms with Crippen LogP contribution >= 0.6 is 0 Å². The van der Waals surface area contributed by atoms with Crippen molar-refractivity contribution in [3.63, 3.8) is 0 Å². The number of halogens is 1. The third-order valence-electron chi connectivity index (χ3n) is 5.68. The molecule has 0 fully saturated rings. The SMILES string of the molecule is CNc1cncc(-c2ccc3[nH]nc(-c4nc5c(-c6cccc(F)c6)cncc5[nH]4)c3c2)c1. The van der Waals surface area contributed by atoms with Crippen LogP contribution in [-0.4, -0.2) is 37.2 Å². The molecule has 6 rings (SSSR count). The van der Waals surface area contributed by atoms with Gasteiger partial charge in [-0.2, -0.15) is 5.10 Å². The van der Waals surface area contributed by atoms with Gasteiger partial charge in [0, 0.05) is 42.2 Å². The van der Waals surface area contributed by atoms with Crippen molar-refractivity contribution in [3.8, 4) is 33.8 Å². The highest BCUT2D eigenvalue weighted by Crippen LogP contribution is 2.33. The van der Waals surface area contributed by atoms with Gasteiger partial charge in [-0.3, -0.25) is 15.1 Å². The second-order valence-electron chi connectivity index (χ2n) is 7.72. The molecule has 0 aliphatic carbocycles. The Balaban J connectivity index is 1.49. The van der Waals surface area contributed by atoms with Crippen LogP contribution < -0.4 is 5.32 Å². The molecule has 0 bridgehead atoms. The highest BCUT2D eigenvalue weighted by molar-refractivity contribution is 5.98. The first-order valence-electron chi connectivity index (χ1n) is 10.4. The van der Waals surface area contributed by atoms with Crippen LogP contribution in [0, 0.1) is 5.82 Å². The number of imidazole rings is 1. The maximum Gasteiger partial charge on any atom is 0.159 e. The standard InChI is InChI=1S/C25H18FN7/c1-27-18-8-16(10-28-11-18)14-5-6-21-19(9-14)24(33-32-21)25-30-22-13-29-12-20(23(22)31-25)15-3-2-4-17(26)7-15/h2-13,27H,1H3,(H,30,31)(H,32,33). The van der Waals surface area contributed by atoms with Crippen molar-refractivity contribution in [2.45, 2.75) is 0 Å². The smallest absolute Gasteiger partial charge is 0.159 e. The Labute approximate surface area is 187 Å². The zero-order chi connectivity index (χ0) is 22.4. The molecule has 0 amide bonds. The zero-order valence-corrected chi connectivity index (χ0v) is 17.6. The molecule has 0 spiro atoms. The molecule has 6 aromatic rings. The lowest BCUT2D eigenvalue weighted by Crippen LogP contribution is -1.90. The van der Waals surface area contributed by atoms with Gasteiger partial charge in [0.15, 0.2) is 5.82 Å². The van der Waals surface area contributed by atoms with E-state index < -0.39 is 0 Å². The van der Waals surface area contributed by atoms with Crippen LogP contribution in [0.3, 0.4) is 0 Å². The van der Waals surface area contributed by atoms with E-state index in [2.05, 4.69) is 36.5 Å². The molecule has 0 saturated heterocycles. The summed E-state index contributed by atoms with van der Waals surface area (Å²) in [7, 11) is 1.87. The average Bonchev–Trinajstić information content (AvgIpc) is 3.47. The van der Waals surface area contributed by atoms with E-state index in [-0.39, 0.29) is 5.82 Å². The Hall–Kier alpha value is -4.59. The fraction of sp³-hybridized carbons (Fsp3) is 0.0400. The van der Waals surface area contributed by atoms with Crippen molar-refractivity contribution in [1.82, 2.24) is 30.1 Å². The summed E-state index contributed by atoms with van der Waals surface area (Å²) < 4.78 is 13.8. The topological polar surface area (TPSA) is 95.2 Å². The highest BCUT2D eigenvalue weighted by Gasteiger charge is 2.16. The Morgan fingerprint density at radius 1 is 0.848 bits per heavy atom. The Morgan fingerprint density at radius 2 is 1.76 bits per heavy atom. The molecule has 160 valence electrons. The van der Waals surface area contributed by atoms with Crippen LogP contribution in [0.2, 0.25) is 0 Å². The number of benzene rings is 2. The maximum atomic E-state index is 13.8. The van der Waals surface area contributed by atoms with Crippen molar-refractivity contribution < 1.29 is 4.39 Å². The van der Waals surface area contributed by atoms with Gasteiger partial charge in [-0.1, -0.05) is 18.2 Å². The minimum Gasteiger partial charge on any atom is -0.387 e. The van der Waals surface area contributed by atoms with Crippen molar-refractivity contribution >= 4 is 27.6 Å². The third kappa shape index (κ3) is 3.28. The number of hydrogen-bond donors (Lipinski definition) is 3. The first-order chi connectivity index (χ1) is 16.2. The highest BCUT2D eigenvalue weighted by atomic mass is 19.1. The largest absolute Gasteiger partial charge is 0.387 e. The maximum absolute atomic E-state index is 13.8. The summed E-state index contributed by atoms with van der Waals surface area (Å²) in [6.45, 7) is 0. The third-order valence-corrected chi connectivity index (χ3v) is 5.68. The van der Waals surface area contributed by atoms with Crippen LogP contribution in [0.1, 0.15) is 0 Å². The van der Waals surface area contributed by atoms with Gasteiger partial charge in [0.25, 0.3) is 0 Å². The van der Waals surface area contributed by atoms with E-state index in [4.69, 9.17) is 4.98 Å². The molecule has 0 unspecified atom stereocenters. The minimum absolute atomic E-state index is 0.303. The summed E-state index contributed by atoms with van der Waals surface area (Å²) in [5.74, 6) is 0.309. The molecule has 7 nitrogen and oxygen atoms in total. The van der Waals surface area contributed by atoms with Gasteiger partial charge in [-0.15, -0.1) is 0 Å². The first kappa shape index (κ1) is 19.1. The lowest BCUT2D eigenvalue weighted by atomic mass is 10.0. The molecule has 0 radical (unpaired) electrons. The van der Waals surface area contributed by atoms with Crippen LogP contribution in [0.25, 0.3) is 55.7 Å². The number of pyridine rings is 2. The quantitative estimate of drug-likeness (QED) is 0.344. The van der Waals surface area contributed by atoms with Gasteiger partial charge in [0.1, 0.15) is 11.5 Å². The second-order valence-corrected chi connectivity index (χ2v) is 7.72. The van der Waals surface area contributed by atoms with Gasteiger partial charge < -0.3 is 10.3 Å². The summed E-state index contributed by atoms with van der Waals surface area (Å²) in [6.07, 6.45) is 7.03. The number of aromatic amines is 2. The van der Waals surface area contributed by atoms with Gasteiger partial charge in [0.2, 0.25) is 0 Å². The molecule has 4 heterocycles. The molecule has 0 aliphatic heterocycles. The fourth-order valence-electron chi connectivity index (χ4n) is 4.02. The Morgan fingerprint density at radius 3 is 2.64 bits per heavy atom. The number of rotatable bonds is 4. The molecule has 4 aromatic heterocycles. The summed E-state index contributed by atoms with van der Waals surface area (Å²) >= 11 is 0. The molecular formula is C25H18FN7. The lowest BCUT2D eigenvalue weighted by Gasteiger charge is -2.05. The van der Waals surface area contributed by atoms with E-state index in [0.717, 1.165) is 44.4 Å². The summed E-state index contributed by atoms with van der Waals surface area (Å²) in [5.41, 5.74) is 7.50. The van der Waals surface area contributed by atoms with Gasteiger partial charge in [-0.05, 0) is 41.5 Å². The molecule has 8 heteroatoms. The van der Waals surface area contributed by atoms with Crippen LogP contribution in [0.5, 0.6) is 0 Å². The van der Waals surface area contributed by atoms with Gasteiger partial charge >= 0.3 is 0 Å². The Kier molecular flexibility index (Phi) is 4.36. The molecule has 0 aliphatic rings. The number of nitrogens with zero attached hydrogens (tertiary/aromatic N) is 4. The second kappa shape index (κ2) is 7.52. The number of aromatic nitrogens is 6. The number of nitrogens with one attached hydrogen (secondary N) is 3. The summed E-state index contributed by atoms with van der Waals surface area (Å²) in [4.78, 5) is 16.8. The molecule has 0 atom stereocenters. The minimum atomic E-state index is -0.303. The number of fused-ring (bicyclic) bond motifs is 2. The zero-order valence-electron chi connectivity index (χ0n) is 17.6. The van der Waals surface area contributed by atoms with Crippen LogP contribution in [0.4, 0.5) is 10.1 Å². The van der Waals surface area contributed by atoms with Gasteiger partial charge in [-0.25, -0.2) is 9.37 Å². The summed E-state index contributed by atoms with van der Waals surface area (Å²) in [5, 5.41) is 11.7. The molecule has 33 heavy (non-hydrogen) atoms. The van der Waals surface area contributed by atoms with E-state index in [1.54, 1.807) is 24.7 Å². The van der Waals surface area contributed by atoms with Crippen molar-refractivity contribution in [2.75, 3.05) is 12.4 Å². The van der Waals surface area contributed by atoms with Crippen molar-refractivity contribution in [3.05, 3.63) is 79.1 Å². The van der Waals surface area contributed by atoms with E-state index in [0.29, 0.717) is 17.0 Å². The molecule has 0 saturated carbocycles. The molecule has 3 N–H and O–H groups in total. The summed E-state index contributed by atoms with van der Waals surface area (Å²) in [6, 6.07) is 14.6. The average molecular weight is 435 g/mol. The van der Waals surface area contributed by atoms with Crippen molar-refractivity contribution in [1.29, 1.82) is 0 Å². The monoisotopic (exact) mass is 435 g/mol. The van der Waals surface area contributed by atoms with Crippen LogP contribution in [0.15, 0.2) is 73.3 Å². The van der Waals surface area contributed by atoms with E-state index in [1.165, 1.54) is 12.1 Å². The van der Waals surface area contributed by atoms with Crippen molar-refractivity contribution in [2.24, 2.45) is 0 Å². The van der Waals surface area contributed by atoms with Gasteiger partial charge in [0.05, 0.1) is 28.4 Å². The number of H-pyrrole nitrogens is 2. The normalized spacial score (nSPS) is 11.3. The van der Waals surface area contributed by atoms with E-state index in [9.17, 15) is 4.39 Å². The van der Waals surface area contributed by atoms with E-state index in [1.807, 2.05) is 37.5 Å². The lowest BCUT2D eigenvalue weighted by molar-refractivity contribution is 0.628. The Bertz CT molecular complexity index is 1630. The predicted molar refractivity (Wildman–Crippen MR) is 127 cm³/mol. The first-order valence-corrected chi connectivity index (χ1v) is 10.4. The molecular weight excluding hydrogens is 417 g/mol. The van der Waals surface area contributed by atoms with Crippen LogP contribution in [-0.2, 0) is 0 Å². The molecule has 2 aromatic carbocycles. The fourth-order valence-corrected chi connectivity index (χ4v) is 4.02. The van der Waals surface area contributed by atoms with E-state index >= 15 is 0 Å². The predicted octanol–water partition coefficient (Wildman–Crippen LogP) is 5.41.